The third kappa shape index (κ3) is 3.41. The highest BCUT2D eigenvalue weighted by Gasteiger charge is 2.39. The zero-order valence-corrected chi connectivity index (χ0v) is 18.9. The normalized spacial score (nSPS) is 20.3. The first-order valence-electron chi connectivity index (χ1n) is 11.7. The molecule has 0 radical (unpaired) electrons. The number of aliphatic carboxylic acids is 1. The maximum Gasteiger partial charge on any atom is 0.323 e. The third-order valence-corrected chi connectivity index (χ3v) is 7.26. The molecule has 3 atom stereocenters. The topological polar surface area (TPSA) is 101 Å². The van der Waals surface area contributed by atoms with Gasteiger partial charge in [0, 0.05) is 29.4 Å². The number of piperidine rings is 1. The van der Waals surface area contributed by atoms with Crippen LogP contribution < -0.4 is 15.8 Å². The Morgan fingerprint density at radius 3 is 2.79 bits per heavy atom. The van der Waals surface area contributed by atoms with Crippen LogP contribution in [0.4, 0.5) is 11.6 Å². The molecule has 0 spiro atoms. The Morgan fingerprint density at radius 1 is 1.21 bits per heavy atom. The lowest BCUT2D eigenvalue weighted by Gasteiger charge is -2.30. The first kappa shape index (κ1) is 20.8. The average molecular weight is 459 g/mol. The Hall–Kier alpha value is -3.81. The van der Waals surface area contributed by atoms with Crippen molar-refractivity contribution in [2.24, 2.45) is 5.92 Å². The largest absolute Gasteiger partial charge is 0.480 e. The minimum absolute atomic E-state index is 0.195. The molecule has 1 aliphatic carbocycles. The third-order valence-electron chi connectivity index (χ3n) is 7.26. The van der Waals surface area contributed by atoms with Crippen LogP contribution in [0.3, 0.4) is 0 Å². The smallest absolute Gasteiger partial charge is 0.323 e. The minimum Gasteiger partial charge on any atom is -0.480 e. The van der Waals surface area contributed by atoms with Crippen LogP contribution in [-0.2, 0) is 11.3 Å². The lowest BCUT2D eigenvalue weighted by molar-refractivity contribution is -0.137. The number of hydrogen-bond donors (Lipinski definition) is 2. The number of carbonyl (C=O) groups is 1. The summed E-state index contributed by atoms with van der Waals surface area (Å²) in [5, 5.41) is 14.8. The Balaban J connectivity index is 1.33. The van der Waals surface area contributed by atoms with Crippen LogP contribution in [-0.4, -0.2) is 33.2 Å². The van der Waals surface area contributed by atoms with Crippen LogP contribution in [0.15, 0.2) is 57.9 Å². The van der Waals surface area contributed by atoms with Gasteiger partial charge in [-0.1, -0.05) is 24.3 Å². The van der Waals surface area contributed by atoms with E-state index >= 15 is 0 Å². The number of nitrogens with one attached hydrogen (secondary N) is 1. The molecule has 1 saturated carbocycles. The van der Waals surface area contributed by atoms with E-state index < -0.39 is 12.5 Å². The molecule has 2 bridgehead atoms. The molecule has 3 unspecified atom stereocenters. The van der Waals surface area contributed by atoms with Gasteiger partial charge < -0.3 is 19.7 Å². The molecule has 2 aliphatic rings. The van der Waals surface area contributed by atoms with E-state index in [-0.39, 0.29) is 11.6 Å². The van der Waals surface area contributed by atoms with E-state index in [1.54, 1.807) is 6.20 Å². The number of furan rings is 1. The van der Waals surface area contributed by atoms with Crippen LogP contribution in [0.25, 0.3) is 21.9 Å². The SMILES string of the molecule is CC(Nc1cnc(N2CC3CCC2C3)n(CC(=O)O)c1=O)c1ccc2oc3ccccc3c2c1. The monoisotopic (exact) mass is 458 g/mol. The molecule has 4 aromatic rings. The molecule has 8 heteroatoms. The van der Waals surface area contributed by atoms with Gasteiger partial charge in [-0.15, -0.1) is 0 Å². The molecule has 8 nitrogen and oxygen atoms in total. The summed E-state index contributed by atoms with van der Waals surface area (Å²) in [6.07, 6.45) is 4.89. The highest BCUT2D eigenvalue weighted by atomic mass is 16.4. The second kappa shape index (κ2) is 7.90. The molecular weight excluding hydrogens is 432 g/mol. The van der Waals surface area contributed by atoms with Crippen LogP contribution in [0.1, 0.15) is 37.8 Å². The summed E-state index contributed by atoms with van der Waals surface area (Å²) in [6.45, 7) is 2.39. The lowest BCUT2D eigenvalue weighted by Crippen LogP contribution is -2.39. The molecular formula is C26H26N4O4. The van der Waals surface area contributed by atoms with E-state index in [1.807, 2.05) is 43.3 Å². The average Bonchev–Trinajstić information content (AvgIpc) is 3.55. The van der Waals surface area contributed by atoms with Gasteiger partial charge in [0.15, 0.2) is 0 Å². The molecule has 34 heavy (non-hydrogen) atoms. The number of anilines is 2. The van der Waals surface area contributed by atoms with Crippen molar-refractivity contribution in [2.75, 3.05) is 16.8 Å². The van der Waals surface area contributed by atoms with Gasteiger partial charge in [-0.2, -0.15) is 0 Å². The van der Waals surface area contributed by atoms with Crippen molar-refractivity contribution in [3.8, 4) is 0 Å². The van der Waals surface area contributed by atoms with Crippen molar-refractivity contribution in [3.63, 3.8) is 0 Å². The van der Waals surface area contributed by atoms with E-state index in [4.69, 9.17) is 4.42 Å². The molecule has 174 valence electrons. The van der Waals surface area contributed by atoms with Gasteiger partial charge >= 0.3 is 5.97 Å². The number of rotatable bonds is 6. The Kier molecular flexibility index (Phi) is 4.83. The number of hydrogen-bond acceptors (Lipinski definition) is 6. The molecule has 1 saturated heterocycles. The van der Waals surface area contributed by atoms with E-state index in [1.165, 1.54) is 11.0 Å². The summed E-state index contributed by atoms with van der Waals surface area (Å²) in [5.74, 6) is 0.00741. The van der Waals surface area contributed by atoms with Gasteiger partial charge in [-0.05, 0) is 55.9 Å². The summed E-state index contributed by atoms with van der Waals surface area (Å²) in [4.78, 5) is 31.6. The highest BCUT2D eigenvalue weighted by molar-refractivity contribution is 6.05. The summed E-state index contributed by atoms with van der Waals surface area (Å²) in [6, 6.07) is 14.0. The van der Waals surface area contributed by atoms with Crippen LogP contribution in [0.2, 0.25) is 0 Å². The molecule has 1 aliphatic heterocycles. The Morgan fingerprint density at radius 2 is 2.03 bits per heavy atom. The van der Waals surface area contributed by atoms with Crippen molar-refractivity contribution in [1.29, 1.82) is 0 Å². The number of aromatic nitrogens is 2. The maximum absolute atomic E-state index is 13.4. The number of carboxylic acid groups (broad SMARTS) is 1. The van der Waals surface area contributed by atoms with Gasteiger partial charge in [0.05, 0.1) is 6.20 Å². The van der Waals surface area contributed by atoms with Gasteiger partial charge in [0.1, 0.15) is 23.4 Å². The van der Waals surface area contributed by atoms with Crippen molar-refractivity contribution in [3.05, 3.63) is 64.6 Å². The molecule has 2 N–H and O–H groups in total. The first-order valence-corrected chi connectivity index (χ1v) is 11.7. The maximum atomic E-state index is 13.4. The second-order valence-corrected chi connectivity index (χ2v) is 9.46. The number of para-hydroxylation sites is 1. The zero-order chi connectivity index (χ0) is 23.4. The molecule has 6 rings (SSSR count). The molecule has 0 amide bonds. The van der Waals surface area contributed by atoms with E-state index in [0.29, 0.717) is 23.6 Å². The lowest BCUT2D eigenvalue weighted by atomic mass is 10.0. The Labute approximate surface area is 195 Å². The summed E-state index contributed by atoms with van der Waals surface area (Å²) >= 11 is 0. The number of benzene rings is 2. The van der Waals surface area contributed by atoms with Crippen molar-refractivity contribution in [1.82, 2.24) is 9.55 Å². The summed E-state index contributed by atoms with van der Waals surface area (Å²) in [5.41, 5.74) is 2.56. The number of fused-ring (bicyclic) bond motifs is 5. The quantitative estimate of drug-likeness (QED) is 0.442. The van der Waals surface area contributed by atoms with Gasteiger partial charge in [0.2, 0.25) is 5.95 Å². The minimum atomic E-state index is -1.06. The second-order valence-electron chi connectivity index (χ2n) is 9.46. The number of carboxylic acids is 1. The fourth-order valence-corrected chi connectivity index (χ4v) is 5.59. The zero-order valence-electron chi connectivity index (χ0n) is 18.9. The first-order chi connectivity index (χ1) is 16.5. The standard InChI is InChI=1S/C26H26N4O4/c1-15(17-7-9-23-20(11-17)19-4-2-3-5-22(19)34-23)28-21-12-27-26(30(25(21)33)14-24(31)32)29-13-16-6-8-18(29)10-16/h2-5,7,9,11-12,15-16,18,28H,6,8,10,13-14H2,1H3,(H,31,32). The summed E-state index contributed by atoms with van der Waals surface area (Å²) in [7, 11) is 0. The predicted octanol–water partition coefficient (Wildman–Crippen LogP) is 4.39. The van der Waals surface area contributed by atoms with Crippen LogP contribution in [0, 0.1) is 5.92 Å². The van der Waals surface area contributed by atoms with Crippen molar-refractivity contribution in [2.45, 2.75) is 44.8 Å². The van der Waals surface area contributed by atoms with E-state index in [2.05, 4.69) is 21.3 Å². The van der Waals surface area contributed by atoms with Gasteiger partial charge in [0.25, 0.3) is 5.56 Å². The van der Waals surface area contributed by atoms with Crippen LogP contribution in [0.5, 0.6) is 0 Å². The van der Waals surface area contributed by atoms with Crippen molar-refractivity contribution < 1.29 is 14.3 Å². The van der Waals surface area contributed by atoms with E-state index in [9.17, 15) is 14.7 Å². The number of nitrogens with zero attached hydrogens (tertiary/aromatic N) is 3. The molecule has 2 aromatic heterocycles. The van der Waals surface area contributed by atoms with Crippen LogP contribution >= 0.6 is 0 Å². The van der Waals surface area contributed by atoms with Gasteiger partial charge in [-0.25, -0.2) is 4.98 Å². The highest BCUT2D eigenvalue weighted by Crippen LogP contribution is 2.39. The van der Waals surface area contributed by atoms with Crippen molar-refractivity contribution >= 4 is 39.5 Å². The molecule has 3 heterocycles. The fourth-order valence-electron chi connectivity index (χ4n) is 5.59. The predicted molar refractivity (Wildman–Crippen MR) is 130 cm³/mol. The molecule has 2 aromatic carbocycles. The Bertz CT molecular complexity index is 1470. The molecule has 2 fully saturated rings. The van der Waals surface area contributed by atoms with Gasteiger partial charge in [-0.3, -0.25) is 14.2 Å². The van der Waals surface area contributed by atoms with E-state index in [0.717, 1.165) is 46.9 Å². The fraction of sp³-hybridized carbons (Fsp3) is 0.346. The summed E-state index contributed by atoms with van der Waals surface area (Å²) < 4.78 is 7.21.